The van der Waals surface area contributed by atoms with Gasteiger partial charge in [-0.25, -0.2) is 0 Å². The Morgan fingerprint density at radius 1 is 1.10 bits per heavy atom. The summed E-state index contributed by atoms with van der Waals surface area (Å²) in [6.45, 7) is 0. The lowest BCUT2D eigenvalue weighted by molar-refractivity contribution is 0.1000. The fourth-order valence-corrected chi connectivity index (χ4v) is 2.19. The molecule has 20 heavy (non-hydrogen) atoms. The molecule has 0 aliphatic carbocycles. The van der Waals surface area contributed by atoms with E-state index in [1.165, 1.54) is 6.20 Å². The van der Waals surface area contributed by atoms with Gasteiger partial charge in [0.25, 0.3) is 0 Å². The highest BCUT2D eigenvalue weighted by molar-refractivity contribution is 5.92. The van der Waals surface area contributed by atoms with Crippen molar-refractivity contribution in [1.29, 1.82) is 0 Å². The summed E-state index contributed by atoms with van der Waals surface area (Å²) < 4.78 is 0. The summed E-state index contributed by atoms with van der Waals surface area (Å²) >= 11 is 0. The third-order valence-corrected chi connectivity index (χ3v) is 3.16. The third kappa shape index (κ3) is 2.49. The van der Waals surface area contributed by atoms with E-state index >= 15 is 0 Å². The Kier molecular flexibility index (Phi) is 3.13. The van der Waals surface area contributed by atoms with Crippen LogP contribution in [-0.4, -0.2) is 15.9 Å². The largest absolute Gasteiger partial charge is 0.366 e. The lowest BCUT2D eigenvalue weighted by atomic mass is 10.0. The van der Waals surface area contributed by atoms with Crippen molar-refractivity contribution in [3.05, 3.63) is 71.7 Å². The first-order valence-electron chi connectivity index (χ1n) is 6.30. The molecule has 0 unspecified atom stereocenters. The minimum atomic E-state index is -0.456. The topological polar surface area (TPSA) is 68.9 Å². The molecule has 1 aromatic carbocycles. The van der Waals surface area contributed by atoms with Crippen LogP contribution in [0.1, 0.15) is 21.5 Å². The van der Waals surface area contributed by atoms with Crippen molar-refractivity contribution in [3.63, 3.8) is 0 Å². The monoisotopic (exact) mass is 263 g/mol. The van der Waals surface area contributed by atoms with Gasteiger partial charge in [-0.05, 0) is 41.8 Å². The molecule has 98 valence electrons. The van der Waals surface area contributed by atoms with Crippen LogP contribution in [-0.2, 0) is 6.42 Å². The second kappa shape index (κ2) is 5.09. The van der Waals surface area contributed by atoms with Gasteiger partial charge in [0, 0.05) is 24.0 Å². The average molecular weight is 263 g/mol. The third-order valence-electron chi connectivity index (χ3n) is 3.16. The van der Waals surface area contributed by atoms with E-state index in [4.69, 9.17) is 5.73 Å². The van der Waals surface area contributed by atoms with E-state index in [0.717, 1.165) is 22.0 Å². The molecule has 0 aliphatic heterocycles. The van der Waals surface area contributed by atoms with Gasteiger partial charge in [0.15, 0.2) is 0 Å². The van der Waals surface area contributed by atoms with Crippen molar-refractivity contribution in [2.45, 2.75) is 6.42 Å². The maximum Gasteiger partial charge on any atom is 0.250 e. The number of carbonyl (C=O) groups excluding carboxylic acids is 1. The van der Waals surface area contributed by atoms with Crippen molar-refractivity contribution in [2.75, 3.05) is 0 Å². The minimum Gasteiger partial charge on any atom is -0.366 e. The van der Waals surface area contributed by atoms with Gasteiger partial charge in [-0.3, -0.25) is 14.8 Å². The van der Waals surface area contributed by atoms with Crippen LogP contribution < -0.4 is 5.73 Å². The van der Waals surface area contributed by atoms with Crippen LogP contribution in [0.3, 0.4) is 0 Å². The number of carbonyl (C=O) groups is 1. The molecule has 0 bridgehead atoms. The summed E-state index contributed by atoms with van der Waals surface area (Å²) in [5.41, 5.74) is 8.78. The maximum absolute atomic E-state index is 11.2. The molecule has 4 nitrogen and oxygen atoms in total. The molecule has 2 aromatic heterocycles. The van der Waals surface area contributed by atoms with Gasteiger partial charge in [0.05, 0.1) is 11.1 Å². The van der Waals surface area contributed by atoms with Gasteiger partial charge in [0.2, 0.25) is 5.91 Å². The number of benzene rings is 1. The van der Waals surface area contributed by atoms with Gasteiger partial charge < -0.3 is 5.73 Å². The Hall–Kier alpha value is -2.75. The molecule has 0 saturated carbocycles. The number of pyridine rings is 2. The molecule has 4 heteroatoms. The first-order chi connectivity index (χ1) is 9.72. The van der Waals surface area contributed by atoms with Crippen LogP contribution in [0.5, 0.6) is 0 Å². The second-order valence-corrected chi connectivity index (χ2v) is 4.65. The number of aromatic nitrogens is 2. The first-order valence-corrected chi connectivity index (χ1v) is 6.30. The summed E-state index contributed by atoms with van der Waals surface area (Å²) in [5, 5.41) is 1.10. The van der Waals surface area contributed by atoms with Crippen LogP contribution in [0.25, 0.3) is 10.9 Å². The zero-order chi connectivity index (χ0) is 13.9. The normalized spacial score (nSPS) is 10.6. The number of amides is 1. The molecule has 0 aliphatic rings. The number of nitrogens with zero attached hydrogens (tertiary/aromatic N) is 2. The van der Waals surface area contributed by atoms with Crippen molar-refractivity contribution >= 4 is 16.8 Å². The van der Waals surface area contributed by atoms with Crippen molar-refractivity contribution in [3.8, 4) is 0 Å². The van der Waals surface area contributed by atoms with E-state index in [1.807, 2.05) is 24.3 Å². The lowest BCUT2D eigenvalue weighted by Crippen LogP contribution is -2.11. The summed E-state index contributed by atoms with van der Waals surface area (Å²) in [7, 11) is 0. The van der Waals surface area contributed by atoms with Crippen molar-refractivity contribution in [2.24, 2.45) is 5.73 Å². The fraction of sp³-hybridized carbons (Fsp3) is 0.0625. The minimum absolute atomic E-state index is 0.435. The lowest BCUT2D eigenvalue weighted by Gasteiger charge is -2.04. The van der Waals surface area contributed by atoms with E-state index in [9.17, 15) is 4.79 Å². The number of primary amides is 1. The summed E-state index contributed by atoms with van der Waals surface area (Å²) in [5.74, 6) is -0.456. The Morgan fingerprint density at radius 2 is 2.00 bits per heavy atom. The number of hydrogen-bond acceptors (Lipinski definition) is 3. The molecule has 0 saturated heterocycles. The van der Waals surface area contributed by atoms with Gasteiger partial charge in [-0.15, -0.1) is 0 Å². The van der Waals surface area contributed by atoms with E-state index in [0.29, 0.717) is 12.0 Å². The molecular formula is C16H13N3O. The van der Waals surface area contributed by atoms with Crippen LogP contribution in [0.2, 0.25) is 0 Å². The number of hydrogen-bond donors (Lipinski definition) is 1. The van der Waals surface area contributed by atoms with E-state index in [-0.39, 0.29) is 0 Å². The molecule has 2 heterocycles. The number of nitrogens with two attached hydrogens (primary N) is 1. The molecule has 2 N–H and O–H groups in total. The number of rotatable bonds is 3. The highest BCUT2D eigenvalue weighted by Gasteiger charge is 2.04. The highest BCUT2D eigenvalue weighted by Crippen LogP contribution is 2.16. The molecule has 0 atom stereocenters. The van der Waals surface area contributed by atoms with Crippen LogP contribution in [0.15, 0.2) is 55.0 Å². The second-order valence-electron chi connectivity index (χ2n) is 4.65. The molecule has 0 spiro atoms. The van der Waals surface area contributed by atoms with E-state index < -0.39 is 5.91 Å². The quantitative estimate of drug-likeness (QED) is 0.788. The van der Waals surface area contributed by atoms with E-state index in [1.54, 1.807) is 18.5 Å². The van der Waals surface area contributed by atoms with Crippen molar-refractivity contribution in [1.82, 2.24) is 9.97 Å². The van der Waals surface area contributed by atoms with Crippen LogP contribution in [0.4, 0.5) is 0 Å². The Bertz CT molecular complexity index is 783. The highest BCUT2D eigenvalue weighted by atomic mass is 16.1. The summed E-state index contributed by atoms with van der Waals surface area (Å²) in [6.07, 6.45) is 5.72. The van der Waals surface area contributed by atoms with Crippen molar-refractivity contribution < 1.29 is 4.79 Å². The van der Waals surface area contributed by atoms with E-state index in [2.05, 4.69) is 16.0 Å². The smallest absolute Gasteiger partial charge is 0.250 e. The standard InChI is InChI=1S/C16H13N3O/c17-16(20)14-8-12(9-18-10-14)6-11-3-4-15-13(7-11)2-1-5-19-15/h1-5,7-10H,6H2,(H2,17,20). The molecule has 0 fully saturated rings. The molecular weight excluding hydrogens is 250 g/mol. The van der Waals surface area contributed by atoms with Gasteiger partial charge in [0.1, 0.15) is 0 Å². The summed E-state index contributed by atoms with van der Waals surface area (Å²) in [6, 6.07) is 11.9. The SMILES string of the molecule is NC(=O)c1cncc(Cc2ccc3ncccc3c2)c1. The molecule has 3 aromatic rings. The Labute approximate surface area is 116 Å². The van der Waals surface area contributed by atoms with Gasteiger partial charge in [-0.2, -0.15) is 0 Å². The van der Waals surface area contributed by atoms with Gasteiger partial charge in [-0.1, -0.05) is 12.1 Å². The molecule has 3 rings (SSSR count). The molecule has 1 amide bonds. The van der Waals surface area contributed by atoms with Gasteiger partial charge >= 0.3 is 0 Å². The Balaban J connectivity index is 1.92. The first kappa shape index (κ1) is 12.3. The maximum atomic E-state index is 11.2. The number of fused-ring (bicyclic) bond motifs is 1. The predicted octanol–water partition coefficient (Wildman–Crippen LogP) is 2.32. The van der Waals surface area contributed by atoms with Crippen LogP contribution >= 0.6 is 0 Å². The zero-order valence-corrected chi connectivity index (χ0v) is 10.8. The molecule has 0 radical (unpaired) electrons. The predicted molar refractivity (Wildman–Crippen MR) is 77.3 cm³/mol. The zero-order valence-electron chi connectivity index (χ0n) is 10.8. The Morgan fingerprint density at radius 3 is 2.85 bits per heavy atom. The van der Waals surface area contributed by atoms with Crippen LogP contribution in [0, 0.1) is 0 Å². The average Bonchev–Trinajstić information content (AvgIpc) is 2.47. The fourth-order valence-electron chi connectivity index (χ4n) is 2.19. The summed E-state index contributed by atoms with van der Waals surface area (Å²) in [4.78, 5) is 19.5.